The highest BCUT2D eigenvalue weighted by Crippen LogP contribution is 2.19. The molecule has 4 heteroatoms. The van der Waals surface area contributed by atoms with E-state index in [1.807, 2.05) is 34.9 Å². The van der Waals surface area contributed by atoms with Crippen LogP contribution in [0, 0.1) is 0 Å². The summed E-state index contributed by atoms with van der Waals surface area (Å²) in [5.41, 5.74) is 2.29. The van der Waals surface area contributed by atoms with Crippen molar-refractivity contribution in [2.24, 2.45) is 0 Å². The predicted molar refractivity (Wildman–Crippen MR) is 62.1 cm³/mol. The summed E-state index contributed by atoms with van der Waals surface area (Å²) in [4.78, 5) is 14.5. The highest BCUT2D eigenvalue weighted by Gasteiger charge is 2.04. The molecule has 4 nitrogen and oxygen atoms in total. The van der Waals surface area contributed by atoms with E-state index in [4.69, 9.17) is 4.74 Å². The molecule has 0 amide bonds. The zero-order valence-corrected chi connectivity index (χ0v) is 8.73. The first kappa shape index (κ1) is 9.03. The van der Waals surface area contributed by atoms with Crippen LogP contribution in [0.5, 0.6) is 5.75 Å². The number of hydrogen-bond acceptors (Lipinski definition) is 2. The number of benzene rings is 1. The molecule has 1 N–H and O–H groups in total. The molecule has 0 aliphatic rings. The van der Waals surface area contributed by atoms with Crippen LogP contribution in [0.3, 0.4) is 0 Å². The topological polar surface area (TPSA) is 46.5 Å². The van der Waals surface area contributed by atoms with Gasteiger partial charge in [-0.15, -0.1) is 0 Å². The van der Waals surface area contributed by atoms with Crippen molar-refractivity contribution in [3.05, 3.63) is 46.9 Å². The Morgan fingerprint density at radius 2 is 2.12 bits per heavy atom. The molecule has 0 aliphatic carbocycles. The van der Waals surface area contributed by atoms with Gasteiger partial charge in [-0.1, -0.05) is 0 Å². The number of aromatic amines is 1. The van der Waals surface area contributed by atoms with Crippen LogP contribution < -0.4 is 10.3 Å². The van der Waals surface area contributed by atoms with Crippen LogP contribution in [0.1, 0.15) is 0 Å². The SMILES string of the molecule is COc1ccc2[nH]c(=O)c3cccn3c2c1. The van der Waals surface area contributed by atoms with Crippen molar-refractivity contribution in [3.63, 3.8) is 0 Å². The largest absolute Gasteiger partial charge is 0.497 e. The lowest BCUT2D eigenvalue weighted by atomic mass is 10.3. The van der Waals surface area contributed by atoms with Gasteiger partial charge in [0.15, 0.2) is 0 Å². The molecule has 0 aliphatic heterocycles. The molecule has 0 radical (unpaired) electrons. The van der Waals surface area contributed by atoms with E-state index in [1.165, 1.54) is 0 Å². The Bertz CT molecular complexity index is 725. The van der Waals surface area contributed by atoms with E-state index in [-0.39, 0.29) is 5.56 Å². The molecular formula is C12H10N2O2. The molecule has 0 fully saturated rings. The van der Waals surface area contributed by atoms with Gasteiger partial charge in [0.25, 0.3) is 5.56 Å². The molecule has 0 spiro atoms. The fourth-order valence-corrected chi connectivity index (χ4v) is 1.91. The second-order valence-electron chi connectivity index (χ2n) is 3.60. The maximum Gasteiger partial charge on any atom is 0.272 e. The van der Waals surface area contributed by atoms with Gasteiger partial charge >= 0.3 is 0 Å². The summed E-state index contributed by atoms with van der Waals surface area (Å²) in [6, 6.07) is 9.21. The first-order valence-corrected chi connectivity index (χ1v) is 4.97. The number of rotatable bonds is 1. The molecule has 3 aromatic rings. The fourth-order valence-electron chi connectivity index (χ4n) is 1.91. The van der Waals surface area contributed by atoms with Crippen molar-refractivity contribution in [2.75, 3.05) is 7.11 Å². The van der Waals surface area contributed by atoms with Gasteiger partial charge < -0.3 is 14.1 Å². The van der Waals surface area contributed by atoms with Gasteiger partial charge in [0.1, 0.15) is 11.3 Å². The van der Waals surface area contributed by atoms with Crippen molar-refractivity contribution in [1.29, 1.82) is 0 Å². The van der Waals surface area contributed by atoms with Crippen LogP contribution in [-0.4, -0.2) is 16.5 Å². The minimum Gasteiger partial charge on any atom is -0.497 e. The number of hydrogen-bond donors (Lipinski definition) is 1. The van der Waals surface area contributed by atoms with Crippen molar-refractivity contribution < 1.29 is 4.74 Å². The first-order chi connectivity index (χ1) is 7.79. The third-order valence-corrected chi connectivity index (χ3v) is 2.69. The average Bonchev–Trinajstić information content (AvgIpc) is 2.78. The number of nitrogens with one attached hydrogen (secondary N) is 1. The Labute approximate surface area is 91.1 Å². The van der Waals surface area contributed by atoms with Crippen LogP contribution in [0.15, 0.2) is 41.3 Å². The van der Waals surface area contributed by atoms with Gasteiger partial charge in [-0.2, -0.15) is 0 Å². The Morgan fingerprint density at radius 3 is 2.94 bits per heavy atom. The van der Waals surface area contributed by atoms with Crippen LogP contribution >= 0.6 is 0 Å². The van der Waals surface area contributed by atoms with Gasteiger partial charge in [0, 0.05) is 12.3 Å². The van der Waals surface area contributed by atoms with Gasteiger partial charge in [0.05, 0.1) is 18.1 Å². The fraction of sp³-hybridized carbons (Fsp3) is 0.0833. The molecule has 2 heterocycles. The summed E-state index contributed by atoms with van der Waals surface area (Å²) in [5, 5.41) is 0. The molecule has 0 atom stereocenters. The Hall–Kier alpha value is -2.23. The van der Waals surface area contributed by atoms with E-state index in [0.29, 0.717) is 5.52 Å². The quantitative estimate of drug-likeness (QED) is 0.671. The molecule has 1 aromatic carbocycles. The van der Waals surface area contributed by atoms with E-state index in [0.717, 1.165) is 16.8 Å². The number of aromatic nitrogens is 2. The second-order valence-corrected chi connectivity index (χ2v) is 3.60. The van der Waals surface area contributed by atoms with E-state index < -0.39 is 0 Å². The minimum absolute atomic E-state index is 0.0809. The highest BCUT2D eigenvalue weighted by molar-refractivity contribution is 5.79. The molecule has 16 heavy (non-hydrogen) atoms. The van der Waals surface area contributed by atoms with Crippen molar-refractivity contribution in [1.82, 2.24) is 9.38 Å². The van der Waals surface area contributed by atoms with E-state index in [2.05, 4.69) is 4.98 Å². The maximum atomic E-state index is 11.7. The smallest absolute Gasteiger partial charge is 0.272 e. The number of H-pyrrole nitrogens is 1. The van der Waals surface area contributed by atoms with Crippen LogP contribution in [0.4, 0.5) is 0 Å². The summed E-state index contributed by atoms with van der Waals surface area (Å²) in [6.45, 7) is 0. The van der Waals surface area contributed by atoms with Crippen LogP contribution in [0.2, 0.25) is 0 Å². The highest BCUT2D eigenvalue weighted by atomic mass is 16.5. The Kier molecular flexibility index (Phi) is 1.77. The lowest BCUT2D eigenvalue weighted by Crippen LogP contribution is -2.09. The number of nitrogens with zero attached hydrogens (tertiary/aromatic N) is 1. The zero-order valence-electron chi connectivity index (χ0n) is 8.73. The Balaban J connectivity index is 2.55. The summed E-state index contributed by atoms with van der Waals surface area (Å²) in [6.07, 6.45) is 1.87. The average molecular weight is 214 g/mol. The van der Waals surface area contributed by atoms with Crippen LogP contribution in [-0.2, 0) is 0 Å². The van der Waals surface area contributed by atoms with Gasteiger partial charge in [0.2, 0.25) is 0 Å². The molecule has 0 saturated carbocycles. The second kappa shape index (κ2) is 3.13. The van der Waals surface area contributed by atoms with Crippen molar-refractivity contribution >= 4 is 16.6 Å². The standard InChI is InChI=1S/C12H10N2O2/c1-16-8-4-5-9-11(7-8)14-6-2-3-10(14)12(15)13-9/h2-7H,1H3,(H,13,15). The van der Waals surface area contributed by atoms with Gasteiger partial charge in [-0.05, 0) is 24.3 Å². The normalized spacial score (nSPS) is 11.1. The van der Waals surface area contributed by atoms with Crippen molar-refractivity contribution in [2.45, 2.75) is 0 Å². The maximum absolute atomic E-state index is 11.7. The number of ether oxygens (including phenoxy) is 1. The minimum atomic E-state index is -0.0809. The van der Waals surface area contributed by atoms with Gasteiger partial charge in [-0.3, -0.25) is 4.79 Å². The van der Waals surface area contributed by atoms with E-state index in [1.54, 1.807) is 13.2 Å². The summed E-state index contributed by atoms with van der Waals surface area (Å²) < 4.78 is 7.03. The molecule has 0 bridgehead atoms. The molecule has 0 saturated heterocycles. The Morgan fingerprint density at radius 1 is 1.25 bits per heavy atom. The molecule has 80 valence electrons. The molecule has 2 aromatic heterocycles. The third-order valence-electron chi connectivity index (χ3n) is 2.69. The van der Waals surface area contributed by atoms with Crippen LogP contribution in [0.25, 0.3) is 16.6 Å². The molecule has 0 unspecified atom stereocenters. The summed E-state index contributed by atoms with van der Waals surface area (Å²) in [5.74, 6) is 0.773. The first-order valence-electron chi connectivity index (χ1n) is 4.97. The van der Waals surface area contributed by atoms with E-state index >= 15 is 0 Å². The summed E-state index contributed by atoms with van der Waals surface area (Å²) >= 11 is 0. The summed E-state index contributed by atoms with van der Waals surface area (Å²) in [7, 11) is 1.62. The van der Waals surface area contributed by atoms with Crippen molar-refractivity contribution in [3.8, 4) is 5.75 Å². The van der Waals surface area contributed by atoms with Gasteiger partial charge in [-0.25, -0.2) is 0 Å². The predicted octanol–water partition coefficient (Wildman–Crippen LogP) is 1.79. The third kappa shape index (κ3) is 1.13. The number of methoxy groups -OCH3 is 1. The van der Waals surface area contributed by atoms with E-state index in [9.17, 15) is 4.79 Å². The lowest BCUT2D eigenvalue weighted by Gasteiger charge is -2.05. The monoisotopic (exact) mass is 214 g/mol. The number of fused-ring (bicyclic) bond motifs is 3. The lowest BCUT2D eigenvalue weighted by molar-refractivity contribution is 0.415. The molecule has 3 rings (SSSR count). The zero-order chi connectivity index (χ0) is 11.1. The molecular weight excluding hydrogens is 204 g/mol.